The zero-order valence-electron chi connectivity index (χ0n) is 20.2. The van der Waals surface area contributed by atoms with Crippen molar-refractivity contribution >= 4 is 21.5 Å². The van der Waals surface area contributed by atoms with Crippen LogP contribution in [0.4, 0.5) is 0 Å². The first-order valence-electron chi connectivity index (χ1n) is 12.1. The number of nitrogens with zero attached hydrogens (tertiary/aromatic N) is 1. The second kappa shape index (κ2) is 9.23. The van der Waals surface area contributed by atoms with E-state index in [1.807, 2.05) is 30.3 Å². The van der Waals surface area contributed by atoms with Crippen LogP contribution in [0.25, 0.3) is 32.7 Å². The number of aliphatic hydroxyl groups is 1. The molecule has 35 heavy (non-hydrogen) atoms. The summed E-state index contributed by atoms with van der Waals surface area (Å²) in [7, 11) is 2.31. The highest BCUT2D eigenvalue weighted by Gasteiger charge is 2.39. The van der Waals surface area contributed by atoms with Crippen LogP contribution in [0.3, 0.4) is 0 Å². The largest absolute Gasteiger partial charge is 1.00 e. The van der Waals surface area contributed by atoms with Gasteiger partial charge in [0.1, 0.15) is 25.2 Å². The maximum absolute atomic E-state index is 11.4. The van der Waals surface area contributed by atoms with E-state index in [0.29, 0.717) is 0 Å². The number of halogens is 1. The molecule has 3 heteroatoms. The SMILES string of the molecule is C[C@H]([C@@H](O)c1ccccc1)[N+]1(C)Cc2ccc3ccccc3c2-c2c(ccc3ccccc23)C1.[Br-]. The molecule has 5 aromatic carbocycles. The zero-order valence-corrected chi connectivity index (χ0v) is 21.7. The van der Waals surface area contributed by atoms with E-state index in [1.54, 1.807) is 0 Å². The topological polar surface area (TPSA) is 20.2 Å². The van der Waals surface area contributed by atoms with Crippen LogP contribution in [0, 0.1) is 0 Å². The van der Waals surface area contributed by atoms with E-state index < -0.39 is 6.10 Å². The first-order valence-corrected chi connectivity index (χ1v) is 12.1. The molecule has 0 spiro atoms. The molecule has 0 aliphatic carbocycles. The number of fused-ring (bicyclic) bond motifs is 7. The Labute approximate surface area is 217 Å². The second-order valence-corrected chi connectivity index (χ2v) is 10.0. The molecule has 1 N–H and O–H groups in total. The Hall–Kier alpha value is -2.98. The van der Waals surface area contributed by atoms with Crippen molar-refractivity contribution < 1.29 is 26.6 Å². The fourth-order valence-electron chi connectivity index (χ4n) is 5.88. The Morgan fingerprint density at radius 3 is 1.60 bits per heavy atom. The van der Waals surface area contributed by atoms with Crippen molar-refractivity contribution in [2.75, 3.05) is 7.05 Å². The fraction of sp³-hybridized carbons (Fsp3) is 0.188. The highest BCUT2D eigenvalue weighted by atomic mass is 79.9. The molecule has 176 valence electrons. The molecule has 0 unspecified atom stereocenters. The van der Waals surface area contributed by atoms with Crippen molar-refractivity contribution in [2.45, 2.75) is 32.2 Å². The van der Waals surface area contributed by atoms with Gasteiger partial charge in [-0.25, -0.2) is 0 Å². The number of hydrogen-bond donors (Lipinski definition) is 1. The van der Waals surface area contributed by atoms with Crippen LogP contribution >= 0.6 is 0 Å². The van der Waals surface area contributed by atoms with Gasteiger partial charge in [-0.15, -0.1) is 0 Å². The Morgan fingerprint density at radius 1 is 0.629 bits per heavy atom. The van der Waals surface area contributed by atoms with Crippen molar-refractivity contribution in [2.24, 2.45) is 0 Å². The summed E-state index contributed by atoms with van der Waals surface area (Å²) in [6.45, 7) is 3.94. The number of rotatable bonds is 3. The van der Waals surface area contributed by atoms with Gasteiger partial charge in [-0.1, -0.05) is 103 Å². The van der Waals surface area contributed by atoms with Crippen molar-refractivity contribution in [1.29, 1.82) is 0 Å². The molecule has 0 amide bonds. The lowest BCUT2D eigenvalue weighted by Crippen LogP contribution is -3.00. The van der Waals surface area contributed by atoms with E-state index in [1.165, 1.54) is 43.8 Å². The lowest BCUT2D eigenvalue weighted by atomic mass is 9.88. The molecule has 0 saturated heterocycles. The molecule has 2 nitrogen and oxygen atoms in total. The van der Waals surface area contributed by atoms with Gasteiger partial charge >= 0.3 is 0 Å². The highest BCUT2D eigenvalue weighted by Crippen LogP contribution is 2.44. The molecule has 2 atom stereocenters. The van der Waals surface area contributed by atoms with E-state index in [9.17, 15) is 5.11 Å². The molecular weight excluding hydrogens is 494 g/mol. The first kappa shape index (κ1) is 23.7. The average Bonchev–Trinajstić information content (AvgIpc) is 3.02. The van der Waals surface area contributed by atoms with Gasteiger partial charge in [-0.3, -0.25) is 0 Å². The summed E-state index contributed by atoms with van der Waals surface area (Å²) in [5.74, 6) is 0. The molecule has 0 bridgehead atoms. The normalized spacial score (nSPS) is 16.0. The average molecular weight is 525 g/mol. The molecule has 6 rings (SSSR count). The quantitative estimate of drug-likeness (QED) is 0.350. The highest BCUT2D eigenvalue weighted by molar-refractivity contribution is 6.07. The summed E-state index contributed by atoms with van der Waals surface area (Å²) in [5.41, 5.74) is 6.39. The minimum absolute atomic E-state index is 0. The zero-order chi connectivity index (χ0) is 23.3. The van der Waals surface area contributed by atoms with Gasteiger partial charge in [0.2, 0.25) is 0 Å². The molecular formula is C32H30BrNO. The lowest BCUT2D eigenvalue weighted by molar-refractivity contribution is -0.960. The minimum atomic E-state index is -0.530. The van der Waals surface area contributed by atoms with Crippen molar-refractivity contribution in [3.8, 4) is 11.1 Å². The summed E-state index contributed by atoms with van der Waals surface area (Å²) >= 11 is 0. The predicted molar refractivity (Wildman–Crippen MR) is 141 cm³/mol. The molecule has 1 aliphatic heterocycles. The lowest BCUT2D eigenvalue weighted by Gasteiger charge is -2.42. The van der Waals surface area contributed by atoms with Gasteiger partial charge in [0.25, 0.3) is 0 Å². The van der Waals surface area contributed by atoms with Gasteiger partial charge in [0.05, 0.1) is 7.05 Å². The standard InChI is InChI=1S/C32H30NO.BrH/c1-22(32(34)25-12-4-3-5-13-25)33(2)20-26-18-16-23-10-6-8-14-28(23)30(26)31-27(21-33)19-17-24-11-7-9-15-29(24)31;/h3-19,22,32,34H,20-21H2,1-2H3;1H/q+1;/p-1/t22-,32-;/m1./s1. The predicted octanol–water partition coefficient (Wildman–Crippen LogP) is 4.25. The monoisotopic (exact) mass is 523 g/mol. The molecule has 1 aliphatic rings. The summed E-state index contributed by atoms with van der Waals surface area (Å²) in [4.78, 5) is 0. The van der Waals surface area contributed by atoms with E-state index >= 15 is 0 Å². The maximum Gasteiger partial charge on any atom is 0.130 e. The van der Waals surface area contributed by atoms with Crippen LogP contribution in [0.15, 0.2) is 103 Å². The number of likely N-dealkylation sites (N-methyl/N-ethyl adjacent to an activating group) is 1. The maximum atomic E-state index is 11.4. The molecule has 0 fully saturated rings. The smallest absolute Gasteiger partial charge is 0.130 e. The number of hydrogen-bond acceptors (Lipinski definition) is 1. The van der Waals surface area contributed by atoms with E-state index in [0.717, 1.165) is 23.1 Å². The third kappa shape index (κ3) is 3.98. The van der Waals surface area contributed by atoms with Crippen LogP contribution in [0.1, 0.15) is 29.7 Å². The summed E-state index contributed by atoms with van der Waals surface area (Å²) in [5, 5.41) is 16.6. The molecule has 5 aromatic rings. The van der Waals surface area contributed by atoms with Crippen LogP contribution in [-0.2, 0) is 13.1 Å². The Kier molecular flexibility index (Phi) is 6.27. The van der Waals surface area contributed by atoms with E-state index in [-0.39, 0.29) is 23.0 Å². The third-order valence-electron chi connectivity index (χ3n) is 7.93. The van der Waals surface area contributed by atoms with Gasteiger partial charge in [0, 0.05) is 11.1 Å². The minimum Gasteiger partial charge on any atom is -1.00 e. The first-order chi connectivity index (χ1) is 16.5. The van der Waals surface area contributed by atoms with Gasteiger partial charge in [-0.05, 0) is 45.2 Å². The Balaban J connectivity index is 0.00000253. The molecule has 0 radical (unpaired) electrons. The molecule has 1 heterocycles. The van der Waals surface area contributed by atoms with Crippen molar-refractivity contribution in [3.63, 3.8) is 0 Å². The van der Waals surface area contributed by atoms with Gasteiger partial charge in [-0.2, -0.15) is 0 Å². The fourth-order valence-corrected chi connectivity index (χ4v) is 5.88. The summed E-state index contributed by atoms with van der Waals surface area (Å²) in [6.07, 6.45) is -0.530. The van der Waals surface area contributed by atoms with E-state index in [4.69, 9.17) is 0 Å². The van der Waals surface area contributed by atoms with Crippen LogP contribution < -0.4 is 17.0 Å². The third-order valence-corrected chi connectivity index (χ3v) is 7.93. The Morgan fingerprint density at radius 2 is 1.09 bits per heavy atom. The van der Waals surface area contributed by atoms with Gasteiger partial charge < -0.3 is 26.6 Å². The van der Waals surface area contributed by atoms with Crippen molar-refractivity contribution in [1.82, 2.24) is 0 Å². The molecule has 0 saturated carbocycles. The second-order valence-electron chi connectivity index (χ2n) is 10.0. The number of aliphatic hydroxyl groups excluding tert-OH is 1. The van der Waals surface area contributed by atoms with Gasteiger partial charge in [0.15, 0.2) is 0 Å². The Bertz CT molecular complexity index is 1420. The number of quaternary nitrogens is 1. The number of benzene rings is 5. The van der Waals surface area contributed by atoms with Crippen molar-refractivity contribution in [3.05, 3.63) is 120 Å². The molecule has 0 aromatic heterocycles. The van der Waals surface area contributed by atoms with Crippen LogP contribution in [0.2, 0.25) is 0 Å². The summed E-state index contributed by atoms with van der Waals surface area (Å²) in [6, 6.07) is 36.7. The summed E-state index contributed by atoms with van der Waals surface area (Å²) < 4.78 is 0.743. The van der Waals surface area contributed by atoms with E-state index in [2.05, 4.69) is 86.8 Å². The van der Waals surface area contributed by atoms with Crippen LogP contribution in [0.5, 0.6) is 0 Å². The van der Waals surface area contributed by atoms with Crippen LogP contribution in [-0.4, -0.2) is 22.7 Å².